The molecular weight excluding hydrogens is 419 g/mol. The van der Waals surface area contributed by atoms with Crippen molar-refractivity contribution in [2.75, 3.05) is 32.8 Å². The number of H-pyrrole nitrogens is 1. The molecule has 1 aromatic heterocycles. The third-order valence-corrected chi connectivity index (χ3v) is 6.38. The standard InChI is InChI=1S/C24H24F3N3O2/c25-16-3-1-14(2-4-16)23-22(19-11-17(26)12-20(27)24(19)29-23)15-9-18(10-15)28-21(31)13-30-5-7-32-8-6-30/h1-4,11-12,15,18,29H,5-10,13H2,(H,28,31)/t15-,18+. The summed E-state index contributed by atoms with van der Waals surface area (Å²) in [6.07, 6.45) is 1.35. The fourth-order valence-corrected chi connectivity index (χ4v) is 4.72. The number of nitrogens with one attached hydrogen (secondary N) is 2. The summed E-state index contributed by atoms with van der Waals surface area (Å²) in [6.45, 7) is 3.11. The van der Waals surface area contributed by atoms with Crippen LogP contribution in [0.2, 0.25) is 0 Å². The molecule has 2 fully saturated rings. The van der Waals surface area contributed by atoms with E-state index in [1.165, 1.54) is 18.2 Å². The van der Waals surface area contributed by atoms with Crippen LogP contribution in [0.5, 0.6) is 0 Å². The van der Waals surface area contributed by atoms with Gasteiger partial charge in [-0.3, -0.25) is 9.69 Å². The number of halogens is 3. The van der Waals surface area contributed by atoms with Gasteiger partial charge in [0.1, 0.15) is 17.5 Å². The summed E-state index contributed by atoms with van der Waals surface area (Å²) >= 11 is 0. The van der Waals surface area contributed by atoms with E-state index in [1.807, 2.05) is 0 Å². The Morgan fingerprint density at radius 2 is 1.78 bits per heavy atom. The largest absolute Gasteiger partial charge is 0.379 e. The Balaban J connectivity index is 1.36. The van der Waals surface area contributed by atoms with Crippen molar-refractivity contribution in [3.63, 3.8) is 0 Å². The maximum Gasteiger partial charge on any atom is 0.234 e. The van der Waals surface area contributed by atoms with Crippen molar-refractivity contribution in [2.24, 2.45) is 0 Å². The Hall–Kier alpha value is -2.84. The summed E-state index contributed by atoms with van der Waals surface area (Å²) < 4.78 is 47.2. The number of morpholine rings is 1. The maximum absolute atomic E-state index is 14.5. The lowest BCUT2D eigenvalue weighted by atomic mass is 9.74. The molecule has 5 nitrogen and oxygen atoms in total. The lowest BCUT2D eigenvalue weighted by molar-refractivity contribution is -0.124. The van der Waals surface area contributed by atoms with E-state index in [2.05, 4.69) is 15.2 Å². The van der Waals surface area contributed by atoms with Crippen LogP contribution in [0.15, 0.2) is 36.4 Å². The molecule has 1 aliphatic carbocycles. The molecule has 2 aliphatic rings. The van der Waals surface area contributed by atoms with Crippen LogP contribution in [0.3, 0.4) is 0 Å². The van der Waals surface area contributed by atoms with E-state index in [1.54, 1.807) is 12.1 Å². The van der Waals surface area contributed by atoms with Gasteiger partial charge < -0.3 is 15.0 Å². The van der Waals surface area contributed by atoms with Crippen LogP contribution < -0.4 is 5.32 Å². The topological polar surface area (TPSA) is 57.4 Å². The molecule has 0 bridgehead atoms. The minimum absolute atomic E-state index is 0.0120. The summed E-state index contributed by atoms with van der Waals surface area (Å²) in [5.41, 5.74) is 2.41. The zero-order chi connectivity index (χ0) is 22.2. The van der Waals surface area contributed by atoms with Crippen molar-refractivity contribution in [1.82, 2.24) is 15.2 Å². The first-order valence-electron chi connectivity index (χ1n) is 10.8. The highest BCUT2D eigenvalue weighted by molar-refractivity contribution is 5.92. The van der Waals surface area contributed by atoms with Crippen molar-refractivity contribution < 1.29 is 22.7 Å². The Labute approximate surface area is 183 Å². The Bertz CT molecular complexity index is 1130. The number of hydrogen-bond donors (Lipinski definition) is 2. The molecular formula is C24H24F3N3O2. The predicted octanol–water partition coefficient (Wildman–Crippen LogP) is 3.95. The molecule has 2 heterocycles. The molecule has 0 unspecified atom stereocenters. The molecule has 1 amide bonds. The fourth-order valence-electron chi connectivity index (χ4n) is 4.72. The normalized spacial score (nSPS) is 21.5. The average Bonchev–Trinajstić information content (AvgIpc) is 3.11. The van der Waals surface area contributed by atoms with Crippen molar-refractivity contribution in [2.45, 2.75) is 24.8 Å². The van der Waals surface area contributed by atoms with Crippen LogP contribution in [-0.2, 0) is 9.53 Å². The molecule has 0 spiro atoms. The van der Waals surface area contributed by atoms with Gasteiger partial charge in [0.25, 0.3) is 0 Å². The first-order chi connectivity index (χ1) is 15.5. The van der Waals surface area contributed by atoms with Gasteiger partial charge in [0.05, 0.1) is 31.0 Å². The first kappa shape index (κ1) is 21.0. The first-order valence-corrected chi connectivity index (χ1v) is 10.8. The summed E-state index contributed by atoms with van der Waals surface area (Å²) in [7, 11) is 0. The second-order valence-corrected chi connectivity index (χ2v) is 8.55. The van der Waals surface area contributed by atoms with Gasteiger partial charge in [-0.1, -0.05) is 0 Å². The number of amides is 1. The smallest absolute Gasteiger partial charge is 0.234 e. The molecule has 2 aromatic carbocycles. The fraction of sp³-hybridized carbons (Fsp3) is 0.375. The number of hydrogen-bond acceptors (Lipinski definition) is 3. The van der Waals surface area contributed by atoms with Gasteiger partial charge in [0, 0.05) is 30.6 Å². The number of nitrogens with zero attached hydrogens (tertiary/aromatic N) is 1. The number of carbonyl (C=O) groups excluding carboxylic acids is 1. The van der Waals surface area contributed by atoms with Gasteiger partial charge in [0.2, 0.25) is 5.91 Å². The third-order valence-electron chi connectivity index (χ3n) is 6.38. The Kier molecular flexibility index (Phi) is 5.65. The van der Waals surface area contributed by atoms with E-state index in [0.717, 1.165) is 24.7 Å². The van der Waals surface area contributed by atoms with Gasteiger partial charge >= 0.3 is 0 Å². The highest BCUT2D eigenvalue weighted by Crippen LogP contribution is 2.45. The molecule has 5 rings (SSSR count). The van der Waals surface area contributed by atoms with Crippen LogP contribution in [0.1, 0.15) is 24.3 Å². The Morgan fingerprint density at radius 1 is 1.06 bits per heavy atom. The van der Waals surface area contributed by atoms with Crippen LogP contribution in [0.25, 0.3) is 22.2 Å². The molecule has 1 saturated carbocycles. The molecule has 3 aromatic rings. The van der Waals surface area contributed by atoms with Crippen LogP contribution in [0.4, 0.5) is 13.2 Å². The van der Waals surface area contributed by atoms with Gasteiger partial charge in [-0.15, -0.1) is 0 Å². The van der Waals surface area contributed by atoms with E-state index in [4.69, 9.17) is 4.74 Å². The summed E-state index contributed by atoms with van der Waals surface area (Å²) in [5.74, 6) is -1.67. The summed E-state index contributed by atoms with van der Waals surface area (Å²) in [4.78, 5) is 17.5. The van der Waals surface area contributed by atoms with Crippen molar-refractivity contribution in [1.29, 1.82) is 0 Å². The highest BCUT2D eigenvalue weighted by Gasteiger charge is 2.35. The zero-order valence-electron chi connectivity index (χ0n) is 17.5. The van der Waals surface area contributed by atoms with E-state index in [-0.39, 0.29) is 29.2 Å². The number of ether oxygens (including phenoxy) is 1. The van der Waals surface area contributed by atoms with E-state index < -0.39 is 11.6 Å². The minimum Gasteiger partial charge on any atom is -0.379 e. The number of carbonyl (C=O) groups is 1. The molecule has 32 heavy (non-hydrogen) atoms. The van der Waals surface area contributed by atoms with E-state index in [0.29, 0.717) is 49.2 Å². The number of rotatable bonds is 5. The number of fused-ring (bicyclic) bond motifs is 1. The number of aromatic nitrogens is 1. The summed E-state index contributed by atoms with van der Waals surface area (Å²) in [6, 6.07) is 8.14. The molecule has 2 N–H and O–H groups in total. The monoisotopic (exact) mass is 443 g/mol. The number of benzene rings is 2. The SMILES string of the molecule is O=C(CN1CCOCC1)N[C@H]1C[C@@H](c2c(-c3ccc(F)cc3)[nH]c3c(F)cc(F)cc32)C1. The quantitative estimate of drug-likeness (QED) is 0.628. The van der Waals surface area contributed by atoms with Crippen molar-refractivity contribution >= 4 is 16.8 Å². The minimum atomic E-state index is -0.663. The highest BCUT2D eigenvalue weighted by atomic mass is 19.1. The zero-order valence-corrected chi connectivity index (χ0v) is 17.5. The third kappa shape index (κ3) is 4.12. The molecule has 0 radical (unpaired) electrons. The lowest BCUT2D eigenvalue weighted by Gasteiger charge is -2.37. The van der Waals surface area contributed by atoms with E-state index in [9.17, 15) is 18.0 Å². The average molecular weight is 443 g/mol. The van der Waals surface area contributed by atoms with Crippen molar-refractivity contribution in [3.8, 4) is 11.3 Å². The van der Waals surface area contributed by atoms with Gasteiger partial charge in [-0.2, -0.15) is 0 Å². The van der Waals surface area contributed by atoms with Gasteiger partial charge in [0.15, 0.2) is 0 Å². The van der Waals surface area contributed by atoms with Gasteiger partial charge in [-0.25, -0.2) is 13.2 Å². The molecule has 0 atom stereocenters. The molecule has 1 aliphatic heterocycles. The molecule has 8 heteroatoms. The molecule has 1 saturated heterocycles. The second kappa shape index (κ2) is 8.60. The maximum atomic E-state index is 14.5. The molecule has 168 valence electrons. The van der Waals surface area contributed by atoms with Crippen LogP contribution in [0, 0.1) is 17.5 Å². The van der Waals surface area contributed by atoms with Crippen LogP contribution >= 0.6 is 0 Å². The van der Waals surface area contributed by atoms with Gasteiger partial charge in [-0.05, 0) is 60.2 Å². The van der Waals surface area contributed by atoms with Crippen LogP contribution in [-0.4, -0.2) is 54.7 Å². The van der Waals surface area contributed by atoms with Crippen molar-refractivity contribution in [3.05, 3.63) is 59.4 Å². The second-order valence-electron chi connectivity index (χ2n) is 8.55. The Morgan fingerprint density at radius 3 is 2.50 bits per heavy atom. The predicted molar refractivity (Wildman–Crippen MR) is 115 cm³/mol. The van der Waals surface area contributed by atoms with E-state index >= 15 is 0 Å². The summed E-state index contributed by atoms with van der Waals surface area (Å²) in [5, 5.41) is 3.55. The number of aromatic amines is 1. The lowest BCUT2D eigenvalue weighted by Crippen LogP contribution is -2.49.